The number of fused-ring (bicyclic) bond motifs is 1. The van der Waals surface area contributed by atoms with E-state index in [2.05, 4.69) is 41.4 Å². The molecular weight excluding hydrogens is 489 g/mol. The number of pyridine rings is 1. The second kappa shape index (κ2) is 9.99. The van der Waals surface area contributed by atoms with E-state index in [4.69, 9.17) is 9.84 Å². The highest BCUT2D eigenvalue weighted by molar-refractivity contribution is 5.91. The van der Waals surface area contributed by atoms with Crippen LogP contribution < -0.4 is 4.74 Å². The van der Waals surface area contributed by atoms with Crippen LogP contribution in [0.5, 0.6) is 5.88 Å². The Morgan fingerprint density at radius 1 is 0.744 bits per heavy atom. The van der Waals surface area contributed by atoms with Crippen LogP contribution in [0.1, 0.15) is 23.6 Å². The minimum absolute atomic E-state index is 0.150. The molecule has 0 atom stereocenters. The van der Waals surface area contributed by atoms with Crippen LogP contribution in [-0.2, 0) is 10.3 Å². The Kier molecular flexibility index (Phi) is 6.21. The monoisotopic (exact) mass is 513 g/mol. The van der Waals surface area contributed by atoms with Gasteiger partial charge in [0.1, 0.15) is 22.6 Å². The fraction of sp³-hybridized carbons (Fsp3) is 0.0606. The van der Waals surface area contributed by atoms with Crippen molar-refractivity contribution in [1.29, 1.82) is 0 Å². The molecule has 2 heterocycles. The number of carbonyl (C=O) groups is 1. The molecule has 0 bridgehead atoms. The SMILES string of the molecule is CC(=O)Oc1ccc2c(n1)c(-c1cccc(F)c1)nn2C(c1ccccc1)(c1ccccc1)c1ccccc1. The van der Waals surface area contributed by atoms with E-state index in [9.17, 15) is 9.18 Å². The van der Waals surface area contributed by atoms with Gasteiger partial charge in [0.2, 0.25) is 5.88 Å². The highest BCUT2D eigenvalue weighted by Gasteiger charge is 2.41. The summed E-state index contributed by atoms with van der Waals surface area (Å²) in [4.78, 5) is 16.4. The molecule has 6 aromatic rings. The number of nitrogens with zero attached hydrogens (tertiary/aromatic N) is 3. The topological polar surface area (TPSA) is 57.0 Å². The molecule has 0 amide bonds. The van der Waals surface area contributed by atoms with E-state index in [1.54, 1.807) is 18.2 Å². The molecule has 190 valence electrons. The van der Waals surface area contributed by atoms with E-state index in [1.807, 2.05) is 65.3 Å². The van der Waals surface area contributed by atoms with Gasteiger partial charge in [-0.05, 0) is 34.9 Å². The highest BCUT2D eigenvalue weighted by atomic mass is 19.1. The molecule has 0 saturated heterocycles. The number of benzene rings is 4. The van der Waals surface area contributed by atoms with E-state index in [0.717, 1.165) is 16.7 Å². The molecule has 39 heavy (non-hydrogen) atoms. The van der Waals surface area contributed by atoms with Crippen molar-refractivity contribution in [2.45, 2.75) is 12.5 Å². The van der Waals surface area contributed by atoms with Crippen LogP contribution in [0.2, 0.25) is 0 Å². The van der Waals surface area contributed by atoms with Crippen molar-refractivity contribution in [2.75, 3.05) is 0 Å². The molecule has 0 aliphatic rings. The molecule has 0 unspecified atom stereocenters. The zero-order valence-electron chi connectivity index (χ0n) is 21.2. The maximum absolute atomic E-state index is 14.4. The molecule has 5 nitrogen and oxygen atoms in total. The molecule has 2 aromatic heterocycles. The second-order valence-corrected chi connectivity index (χ2v) is 9.19. The van der Waals surface area contributed by atoms with Crippen LogP contribution in [0, 0.1) is 5.82 Å². The van der Waals surface area contributed by atoms with Crippen molar-refractivity contribution >= 4 is 17.0 Å². The van der Waals surface area contributed by atoms with E-state index >= 15 is 0 Å². The Balaban J connectivity index is 1.77. The number of carbonyl (C=O) groups excluding carboxylic acids is 1. The summed E-state index contributed by atoms with van der Waals surface area (Å²) in [6.45, 7) is 1.33. The van der Waals surface area contributed by atoms with Gasteiger partial charge >= 0.3 is 5.97 Å². The molecule has 0 spiro atoms. The van der Waals surface area contributed by atoms with Crippen LogP contribution in [0.3, 0.4) is 0 Å². The minimum Gasteiger partial charge on any atom is -0.408 e. The number of hydrogen-bond donors (Lipinski definition) is 0. The zero-order valence-corrected chi connectivity index (χ0v) is 21.2. The van der Waals surface area contributed by atoms with Gasteiger partial charge in [0.05, 0.1) is 5.52 Å². The molecule has 0 radical (unpaired) electrons. The van der Waals surface area contributed by atoms with Crippen molar-refractivity contribution in [3.05, 3.63) is 150 Å². The largest absolute Gasteiger partial charge is 0.408 e. The summed E-state index contributed by atoms with van der Waals surface area (Å²) >= 11 is 0. The summed E-state index contributed by atoms with van der Waals surface area (Å²) in [5.74, 6) is -0.711. The third kappa shape index (κ3) is 4.26. The van der Waals surface area contributed by atoms with Crippen molar-refractivity contribution in [2.24, 2.45) is 0 Å². The normalized spacial score (nSPS) is 11.4. The lowest BCUT2D eigenvalue weighted by molar-refractivity contribution is -0.132. The Hall–Kier alpha value is -5.10. The molecule has 6 heteroatoms. The number of hydrogen-bond acceptors (Lipinski definition) is 4. The third-order valence-electron chi connectivity index (χ3n) is 6.74. The first-order valence-corrected chi connectivity index (χ1v) is 12.6. The summed E-state index contributed by atoms with van der Waals surface area (Å²) < 4.78 is 21.7. The fourth-order valence-electron chi connectivity index (χ4n) is 5.18. The first kappa shape index (κ1) is 24.2. The van der Waals surface area contributed by atoms with Gasteiger partial charge in [0.25, 0.3) is 0 Å². The molecule has 0 saturated carbocycles. The minimum atomic E-state index is -0.905. The maximum Gasteiger partial charge on any atom is 0.309 e. The second-order valence-electron chi connectivity index (χ2n) is 9.19. The van der Waals surface area contributed by atoms with Gasteiger partial charge in [-0.25, -0.2) is 14.1 Å². The van der Waals surface area contributed by atoms with Crippen LogP contribution in [0.25, 0.3) is 22.3 Å². The van der Waals surface area contributed by atoms with Gasteiger partial charge < -0.3 is 4.74 Å². The zero-order chi connectivity index (χ0) is 26.8. The Bertz CT molecular complexity index is 1670. The number of ether oxygens (including phenoxy) is 1. The highest BCUT2D eigenvalue weighted by Crippen LogP contribution is 2.43. The van der Waals surface area contributed by atoms with Gasteiger partial charge in [-0.1, -0.05) is 103 Å². The van der Waals surface area contributed by atoms with Crippen LogP contribution in [-0.4, -0.2) is 20.7 Å². The number of aromatic nitrogens is 3. The average Bonchev–Trinajstić information content (AvgIpc) is 3.34. The van der Waals surface area contributed by atoms with Gasteiger partial charge in [0, 0.05) is 18.6 Å². The molecule has 4 aromatic carbocycles. The van der Waals surface area contributed by atoms with Crippen molar-refractivity contribution in [3.63, 3.8) is 0 Å². The van der Waals surface area contributed by atoms with Crippen LogP contribution in [0.15, 0.2) is 127 Å². The van der Waals surface area contributed by atoms with Crippen LogP contribution in [0.4, 0.5) is 4.39 Å². The lowest BCUT2D eigenvalue weighted by Crippen LogP contribution is -2.38. The quantitative estimate of drug-likeness (QED) is 0.178. The predicted octanol–water partition coefficient (Wildman–Crippen LogP) is 7.00. The van der Waals surface area contributed by atoms with E-state index < -0.39 is 11.5 Å². The maximum atomic E-state index is 14.4. The fourth-order valence-corrected chi connectivity index (χ4v) is 5.18. The summed E-state index contributed by atoms with van der Waals surface area (Å²) in [5.41, 5.74) is 4.29. The van der Waals surface area contributed by atoms with Gasteiger partial charge in [-0.2, -0.15) is 5.10 Å². The first-order chi connectivity index (χ1) is 19.1. The Morgan fingerprint density at radius 3 is 1.82 bits per heavy atom. The third-order valence-corrected chi connectivity index (χ3v) is 6.74. The summed E-state index contributed by atoms with van der Waals surface area (Å²) in [5, 5.41) is 5.17. The Labute approximate surface area is 225 Å². The standard InChI is InChI=1S/C33H24FN3O2/c1-23(38)39-30-21-20-29-32(35-30)31(24-12-11-19-28(34)22-24)36-37(29)33(25-13-5-2-6-14-25,26-15-7-3-8-16-26)27-17-9-4-10-18-27/h2-22H,1H3. The first-order valence-electron chi connectivity index (χ1n) is 12.6. The van der Waals surface area contributed by atoms with E-state index in [-0.39, 0.29) is 11.7 Å². The van der Waals surface area contributed by atoms with E-state index in [0.29, 0.717) is 22.3 Å². The van der Waals surface area contributed by atoms with Gasteiger partial charge in [0.15, 0.2) is 0 Å². The van der Waals surface area contributed by atoms with Gasteiger partial charge in [-0.3, -0.25) is 4.79 Å². The number of halogens is 1. The molecular formula is C33H24FN3O2. The molecule has 0 N–H and O–H groups in total. The number of rotatable bonds is 6. The number of esters is 1. The lowest BCUT2D eigenvalue weighted by atomic mass is 9.77. The molecule has 0 aliphatic heterocycles. The average molecular weight is 514 g/mol. The Morgan fingerprint density at radius 2 is 1.31 bits per heavy atom. The molecule has 6 rings (SSSR count). The van der Waals surface area contributed by atoms with Crippen molar-refractivity contribution < 1.29 is 13.9 Å². The van der Waals surface area contributed by atoms with Crippen LogP contribution >= 0.6 is 0 Å². The summed E-state index contributed by atoms with van der Waals surface area (Å²) in [6.07, 6.45) is 0. The molecule has 0 aliphatic carbocycles. The summed E-state index contributed by atoms with van der Waals surface area (Å²) in [6, 6.07) is 40.2. The van der Waals surface area contributed by atoms with Crippen molar-refractivity contribution in [3.8, 4) is 17.1 Å². The van der Waals surface area contributed by atoms with Gasteiger partial charge in [-0.15, -0.1) is 0 Å². The van der Waals surface area contributed by atoms with E-state index in [1.165, 1.54) is 19.1 Å². The summed E-state index contributed by atoms with van der Waals surface area (Å²) in [7, 11) is 0. The lowest BCUT2D eigenvalue weighted by Gasteiger charge is -2.37. The molecule has 0 fully saturated rings. The predicted molar refractivity (Wildman–Crippen MR) is 149 cm³/mol. The smallest absolute Gasteiger partial charge is 0.309 e. The van der Waals surface area contributed by atoms with Crippen molar-refractivity contribution in [1.82, 2.24) is 14.8 Å².